The summed E-state index contributed by atoms with van der Waals surface area (Å²) in [6, 6.07) is 12.2. The van der Waals surface area contributed by atoms with Crippen LogP contribution in [0.25, 0.3) is 0 Å². The summed E-state index contributed by atoms with van der Waals surface area (Å²) in [6.45, 7) is 12.0. The second kappa shape index (κ2) is 9.27. The summed E-state index contributed by atoms with van der Waals surface area (Å²) in [6.07, 6.45) is 3.11. The van der Waals surface area contributed by atoms with Crippen LogP contribution in [0.1, 0.15) is 68.7 Å². The molecule has 0 saturated carbocycles. The van der Waals surface area contributed by atoms with Gasteiger partial charge < -0.3 is 9.84 Å². The number of aryl methyl sites for hydroxylation is 3. The summed E-state index contributed by atoms with van der Waals surface area (Å²) in [5.41, 5.74) is 4.18. The van der Waals surface area contributed by atoms with Gasteiger partial charge in [0.15, 0.2) is 5.78 Å². The number of phenols is 1. The molecule has 0 radical (unpaired) electrons. The summed E-state index contributed by atoms with van der Waals surface area (Å²) in [5.74, 6) is 1.71. The standard InChI is InChI=1S/C25H34O3/c1-7-20(10-8-19-9-12-22(26)17(2)14-19)21-11-13-23(18(3)15-21)28-16-24(27)25(4,5)6/h9,11-15,20,26H,7-8,10,16H2,1-6H3. The Morgan fingerprint density at radius 3 is 2.36 bits per heavy atom. The number of benzene rings is 2. The number of Topliss-reactive ketones (excluding diaryl/α,β-unsaturated/α-hetero) is 1. The molecule has 28 heavy (non-hydrogen) atoms. The molecule has 0 bridgehead atoms. The molecule has 1 unspecified atom stereocenters. The van der Waals surface area contributed by atoms with Crippen LogP contribution in [0.3, 0.4) is 0 Å². The minimum Gasteiger partial charge on any atom is -0.508 e. The van der Waals surface area contributed by atoms with Crippen molar-refractivity contribution in [1.29, 1.82) is 0 Å². The Bertz CT molecular complexity index is 815. The topological polar surface area (TPSA) is 46.5 Å². The zero-order valence-electron chi connectivity index (χ0n) is 18.1. The molecule has 0 aliphatic heterocycles. The van der Waals surface area contributed by atoms with Crippen molar-refractivity contribution in [2.75, 3.05) is 6.61 Å². The number of carbonyl (C=O) groups is 1. The van der Waals surface area contributed by atoms with Gasteiger partial charge >= 0.3 is 0 Å². The normalized spacial score (nSPS) is 12.6. The fraction of sp³-hybridized carbons (Fsp3) is 0.480. The highest BCUT2D eigenvalue weighted by Gasteiger charge is 2.22. The summed E-state index contributed by atoms with van der Waals surface area (Å²) < 4.78 is 5.77. The van der Waals surface area contributed by atoms with Crippen LogP contribution in [0.4, 0.5) is 0 Å². The molecule has 0 fully saturated rings. The van der Waals surface area contributed by atoms with Crippen LogP contribution in [0.2, 0.25) is 0 Å². The Morgan fingerprint density at radius 1 is 1.07 bits per heavy atom. The molecule has 2 rings (SSSR count). The van der Waals surface area contributed by atoms with Crippen LogP contribution in [0, 0.1) is 19.3 Å². The van der Waals surface area contributed by atoms with Gasteiger partial charge in [0.1, 0.15) is 18.1 Å². The van der Waals surface area contributed by atoms with Gasteiger partial charge in [0, 0.05) is 5.41 Å². The highest BCUT2D eigenvalue weighted by Crippen LogP contribution is 2.30. The lowest BCUT2D eigenvalue weighted by Gasteiger charge is -2.19. The molecule has 0 amide bonds. The molecule has 0 aromatic heterocycles. The molecule has 1 atom stereocenters. The number of carbonyl (C=O) groups excluding carboxylic acids is 1. The highest BCUT2D eigenvalue weighted by molar-refractivity contribution is 5.85. The summed E-state index contributed by atoms with van der Waals surface area (Å²) in [7, 11) is 0. The van der Waals surface area contributed by atoms with E-state index in [-0.39, 0.29) is 17.8 Å². The molecule has 3 nitrogen and oxygen atoms in total. The van der Waals surface area contributed by atoms with Gasteiger partial charge in [-0.15, -0.1) is 0 Å². The molecular weight excluding hydrogens is 348 g/mol. The average molecular weight is 383 g/mol. The Labute approximate surface area is 169 Å². The number of rotatable bonds is 8. The molecule has 0 aliphatic rings. The molecule has 1 N–H and O–H groups in total. The van der Waals surface area contributed by atoms with Crippen molar-refractivity contribution < 1.29 is 14.6 Å². The maximum atomic E-state index is 12.1. The number of ketones is 1. The number of ether oxygens (including phenoxy) is 1. The lowest BCUT2D eigenvalue weighted by molar-refractivity contribution is -0.128. The van der Waals surface area contributed by atoms with Crippen molar-refractivity contribution in [3.8, 4) is 11.5 Å². The van der Waals surface area contributed by atoms with Gasteiger partial charge in [-0.2, -0.15) is 0 Å². The molecule has 152 valence electrons. The van der Waals surface area contributed by atoms with Crippen LogP contribution < -0.4 is 4.74 Å². The lowest BCUT2D eigenvalue weighted by Crippen LogP contribution is -2.26. The molecule has 2 aromatic rings. The van der Waals surface area contributed by atoms with Gasteiger partial charge in [0.25, 0.3) is 0 Å². The maximum absolute atomic E-state index is 12.1. The molecule has 3 heteroatoms. The van der Waals surface area contributed by atoms with Crippen molar-refractivity contribution in [1.82, 2.24) is 0 Å². The van der Waals surface area contributed by atoms with Crippen molar-refractivity contribution >= 4 is 5.78 Å². The summed E-state index contributed by atoms with van der Waals surface area (Å²) >= 11 is 0. The first kappa shape index (κ1) is 22.0. The third-order valence-electron chi connectivity index (χ3n) is 5.40. The zero-order chi connectivity index (χ0) is 20.9. The number of hydrogen-bond donors (Lipinski definition) is 1. The SMILES string of the molecule is CCC(CCc1ccc(O)c(C)c1)c1ccc(OCC(=O)C(C)(C)C)c(C)c1. The first-order valence-electron chi connectivity index (χ1n) is 10.2. The van der Waals surface area contributed by atoms with Crippen LogP contribution in [0.5, 0.6) is 11.5 Å². The lowest BCUT2D eigenvalue weighted by atomic mass is 9.89. The Hall–Kier alpha value is -2.29. The number of phenolic OH excluding ortho intramolecular Hbond substituents is 1. The van der Waals surface area contributed by atoms with Crippen LogP contribution >= 0.6 is 0 Å². The van der Waals surface area contributed by atoms with E-state index in [4.69, 9.17) is 4.74 Å². The van der Waals surface area contributed by atoms with Crippen LogP contribution in [-0.2, 0) is 11.2 Å². The van der Waals surface area contributed by atoms with Crippen molar-refractivity contribution in [2.24, 2.45) is 5.41 Å². The number of aromatic hydroxyl groups is 1. The molecule has 0 aliphatic carbocycles. The van der Waals surface area contributed by atoms with E-state index >= 15 is 0 Å². The van der Waals surface area contributed by atoms with Gasteiger partial charge in [-0.1, -0.05) is 52.0 Å². The predicted molar refractivity (Wildman–Crippen MR) is 115 cm³/mol. The van der Waals surface area contributed by atoms with Gasteiger partial charge in [-0.05, 0) is 73.4 Å². The molecule has 0 spiro atoms. The molecule has 0 saturated heterocycles. The van der Waals surface area contributed by atoms with E-state index in [2.05, 4.69) is 25.1 Å². The Kier molecular flexibility index (Phi) is 7.29. The van der Waals surface area contributed by atoms with E-state index in [1.807, 2.05) is 46.8 Å². The Morgan fingerprint density at radius 2 is 1.79 bits per heavy atom. The smallest absolute Gasteiger partial charge is 0.175 e. The second-order valence-electron chi connectivity index (χ2n) is 8.75. The van der Waals surface area contributed by atoms with Crippen LogP contribution in [0.15, 0.2) is 36.4 Å². The minimum absolute atomic E-state index is 0.103. The van der Waals surface area contributed by atoms with E-state index in [9.17, 15) is 9.90 Å². The van der Waals surface area contributed by atoms with Gasteiger partial charge in [0.2, 0.25) is 0 Å². The van der Waals surface area contributed by atoms with E-state index < -0.39 is 0 Å². The Balaban J connectivity index is 2.03. The average Bonchev–Trinajstić information content (AvgIpc) is 2.63. The van der Waals surface area contributed by atoms with Crippen LogP contribution in [-0.4, -0.2) is 17.5 Å². The second-order valence-corrected chi connectivity index (χ2v) is 8.75. The van der Waals surface area contributed by atoms with E-state index in [0.29, 0.717) is 11.7 Å². The van der Waals surface area contributed by atoms with Crippen molar-refractivity contribution in [3.63, 3.8) is 0 Å². The summed E-state index contributed by atoms with van der Waals surface area (Å²) in [5, 5.41) is 9.69. The fourth-order valence-electron chi connectivity index (χ4n) is 3.27. The minimum atomic E-state index is -0.381. The third kappa shape index (κ3) is 5.85. The summed E-state index contributed by atoms with van der Waals surface area (Å²) in [4.78, 5) is 12.1. The zero-order valence-corrected chi connectivity index (χ0v) is 18.1. The third-order valence-corrected chi connectivity index (χ3v) is 5.40. The van der Waals surface area contributed by atoms with Crippen molar-refractivity contribution in [2.45, 2.75) is 66.7 Å². The van der Waals surface area contributed by atoms with E-state index in [0.717, 1.165) is 36.1 Å². The first-order chi connectivity index (χ1) is 13.1. The predicted octanol–water partition coefficient (Wildman–Crippen LogP) is 6.13. The van der Waals surface area contributed by atoms with Crippen molar-refractivity contribution in [3.05, 3.63) is 58.7 Å². The van der Waals surface area contributed by atoms with Gasteiger partial charge in [-0.25, -0.2) is 0 Å². The maximum Gasteiger partial charge on any atom is 0.175 e. The molecule has 2 aromatic carbocycles. The van der Waals surface area contributed by atoms with E-state index in [1.165, 1.54) is 11.1 Å². The highest BCUT2D eigenvalue weighted by atomic mass is 16.5. The quantitative estimate of drug-likeness (QED) is 0.597. The molecule has 0 heterocycles. The number of hydrogen-bond acceptors (Lipinski definition) is 3. The largest absolute Gasteiger partial charge is 0.508 e. The molecular formula is C25H34O3. The fourth-order valence-corrected chi connectivity index (χ4v) is 3.27. The van der Waals surface area contributed by atoms with E-state index in [1.54, 1.807) is 6.07 Å². The monoisotopic (exact) mass is 382 g/mol. The van der Waals surface area contributed by atoms with Gasteiger partial charge in [-0.3, -0.25) is 4.79 Å². The first-order valence-corrected chi connectivity index (χ1v) is 10.2. The van der Waals surface area contributed by atoms with Gasteiger partial charge in [0.05, 0.1) is 0 Å².